The molecule has 0 N–H and O–H groups in total. The molecule has 12 heteroatoms. The van der Waals surface area contributed by atoms with E-state index in [2.05, 4.69) is 57.0 Å². The summed E-state index contributed by atoms with van der Waals surface area (Å²) in [5, 5.41) is 19.9. The summed E-state index contributed by atoms with van der Waals surface area (Å²) in [6, 6.07) is 0. The summed E-state index contributed by atoms with van der Waals surface area (Å²) in [6.07, 6.45) is 12.0. The number of hydrogen-bond donors (Lipinski definition) is 0. The standard InChI is InChI=1S/C3H8.C3H4.2C2H2N3.C2H6.CH3.N3.3Y/c2*1-3-2;2*1-2-4-5-3-1;1-2;;1-3-2;;;/h3H2,1-2H3;1H,2H3;2*1-2H;1-2H3;1H3;;;;/q;;2*-1;;2*-1;;;. The van der Waals surface area contributed by atoms with Crippen molar-refractivity contribution in [3.8, 4) is 12.3 Å². The Hall–Kier alpha value is 0.462. The molecule has 2 heterocycles. The van der Waals surface area contributed by atoms with Gasteiger partial charge in [0.2, 0.25) is 0 Å². The Kier molecular flexibility index (Phi) is 149. The monoisotopic (exact) mass is 574 g/mol. The fourth-order valence-corrected chi connectivity index (χ4v) is 0.298. The van der Waals surface area contributed by atoms with Gasteiger partial charge >= 0.3 is 0 Å². The molecule has 25 heavy (non-hydrogen) atoms. The second kappa shape index (κ2) is 74.3. The van der Waals surface area contributed by atoms with Crippen LogP contribution in [0.2, 0.25) is 0 Å². The Morgan fingerprint density at radius 2 is 1.16 bits per heavy atom. The number of terminal acetylenes is 1. The molecule has 0 saturated heterocycles. The van der Waals surface area contributed by atoms with E-state index < -0.39 is 0 Å². The predicted molar refractivity (Wildman–Crippen MR) is 89.0 cm³/mol. The van der Waals surface area contributed by atoms with Crippen LogP contribution in [-0.4, -0.2) is 20.6 Å². The van der Waals surface area contributed by atoms with Crippen molar-refractivity contribution in [2.45, 2.75) is 41.0 Å². The second-order valence-corrected chi connectivity index (χ2v) is 2.32. The molecule has 0 aliphatic heterocycles. The number of aromatic nitrogens is 6. The van der Waals surface area contributed by atoms with Crippen LogP contribution in [0.1, 0.15) is 41.0 Å². The van der Waals surface area contributed by atoms with Gasteiger partial charge in [0.25, 0.3) is 0 Å². The Balaban J connectivity index is -0.0000000231. The van der Waals surface area contributed by atoms with Crippen molar-refractivity contribution in [2.24, 2.45) is 0 Å². The minimum absolute atomic E-state index is 0. The van der Waals surface area contributed by atoms with E-state index in [0.717, 1.165) is 0 Å². The molecule has 0 spiro atoms. The number of nitrogens with zero attached hydrogens (tertiary/aromatic N) is 9. The van der Waals surface area contributed by atoms with Crippen LogP contribution in [0.25, 0.3) is 16.0 Å². The summed E-state index contributed by atoms with van der Waals surface area (Å²) in [6.45, 7) is 9.90. The molecular formula is C13H25N9Y3-4. The van der Waals surface area contributed by atoms with Crippen LogP contribution in [-0.2, 0) is 98.1 Å². The molecule has 2 rings (SSSR count). The van der Waals surface area contributed by atoms with E-state index in [4.69, 9.17) is 11.1 Å². The van der Waals surface area contributed by atoms with Crippen LogP contribution in [0, 0.1) is 19.8 Å². The first kappa shape index (κ1) is 50.0. The van der Waals surface area contributed by atoms with E-state index in [-0.39, 0.29) is 106 Å². The summed E-state index contributed by atoms with van der Waals surface area (Å²) in [4.78, 5) is 1.50. The zero-order valence-electron chi connectivity index (χ0n) is 15.9. The molecule has 0 fully saturated rings. The maximum Gasteiger partial charge on any atom is 0 e. The van der Waals surface area contributed by atoms with Gasteiger partial charge in [-0.15, -0.1) is 12.3 Å². The predicted octanol–water partition coefficient (Wildman–Crippen LogP) is 3.26. The summed E-state index contributed by atoms with van der Waals surface area (Å²) in [5.74, 6) is 2.25. The summed E-state index contributed by atoms with van der Waals surface area (Å²) >= 11 is 0. The Labute approximate surface area is 227 Å². The molecule has 0 aliphatic carbocycles. The van der Waals surface area contributed by atoms with Crippen molar-refractivity contribution in [1.82, 2.24) is 30.8 Å². The SMILES string of the molecule is C#CC.CC.CCC.[CH3-].[N-]=[N+]=[N-].[Y].[Y].[Y].c1c[n-]nn1.c1c[n-]nn1. The van der Waals surface area contributed by atoms with Crippen molar-refractivity contribution in [2.75, 3.05) is 0 Å². The molecule has 2 aromatic rings. The van der Waals surface area contributed by atoms with Gasteiger partial charge in [-0.25, -0.2) is 0 Å². The normalized spacial score (nSPS) is 4.80. The zero-order valence-corrected chi connectivity index (χ0v) is 24.4. The van der Waals surface area contributed by atoms with Crippen molar-refractivity contribution >= 4 is 0 Å². The van der Waals surface area contributed by atoms with E-state index in [9.17, 15) is 0 Å². The first-order chi connectivity index (χ1) is 10.2. The van der Waals surface area contributed by atoms with Crippen molar-refractivity contribution in [1.29, 1.82) is 0 Å². The maximum atomic E-state index is 6.75. The summed E-state index contributed by atoms with van der Waals surface area (Å²) in [7, 11) is 0. The molecule has 0 saturated carbocycles. The minimum Gasteiger partial charge on any atom is -0.373 e. The molecule has 0 aromatic carbocycles. The largest absolute Gasteiger partial charge is 0.373 e. The topological polar surface area (TPSA) is 138 Å². The van der Waals surface area contributed by atoms with Gasteiger partial charge in [-0.2, -0.15) is 0 Å². The third-order valence-electron chi connectivity index (χ3n) is 0.607. The van der Waals surface area contributed by atoms with Gasteiger partial charge in [-0.3, -0.25) is 15.3 Å². The number of hydrogen-bond acceptors (Lipinski definition) is 4. The van der Waals surface area contributed by atoms with Crippen LogP contribution in [0.3, 0.4) is 0 Å². The first-order valence-electron chi connectivity index (χ1n) is 6.10. The summed E-state index contributed by atoms with van der Waals surface area (Å²) < 4.78 is 0. The molecule has 0 atom stereocenters. The Morgan fingerprint density at radius 3 is 1.20 bits per heavy atom. The van der Waals surface area contributed by atoms with Crippen LogP contribution in [0.15, 0.2) is 24.8 Å². The van der Waals surface area contributed by atoms with E-state index in [1.807, 2.05) is 13.8 Å². The molecule has 3 radical (unpaired) electrons. The van der Waals surface area contributed by atoms with Crippen LogP contribution < -0.4 is 10.2 Å². The first-order valence-corrected chi connectivity index (χ1v) is 6.10. The van der Waals surface area contributed by atoms with Crippen molar-refractivity contribution in [3.05, 3.63) is 48.2 Å². The van der Waals surface area contributed by atoms with E-state index in [0.29, 0.717) is 0 Å². The Morgan fingerprint density at radius 1 is 0.960 bits per heavy atom. The molecule has 2 aromatic heterocycles. The van der Waals surface area contributed by atoms with Crippen molar-refractivity contribution < 1.29 is 98.1 Å². The van der Waals surface area contributed by atoms with Crippen LogP contribution in [0.4, 0.5) is 0 Å². The minimum atomic E-state index is 0. The van der Waals surface area contributed by atoms with Gasteiger partial charge in [-0.1, -0.05) is 58.9 Å². The van der Waals surface area contributed by atoms with Crippen molar-refractivity contribution in [3.63, 3.8) is 0 Å². The maximum absolute atomic E-state index is 6.75. The zero-order chi connectivity index (χ0) is 17.2. The summed E-state index contributed by atoms with van der Waals surface area (Å²) in [5.41, 5.74) is 13.5. The van der Waals surface area contributed by atoms with Gasteiger partial charge in [0, 0.05) is 98.1 Å². The van der Waals surface area contributed by atoms with E-state index in [1.165, 1.54) is 36.1 Å². The third-order valence-corrected chi connectivity index (χ3v) is 0.607. The molecule has 9 nitrogen and oxygen atoms in total. The fraction of sp³-hybridized carbons (Fsp3) is 0.462. The molecular weight excluding hydrogens is 549 g/mol. The molecule has 0 bridgehead atoms. The van der Waals surface area contributed by atoms with Crippen LogP contribution in [0.5, 0.6) is 0 Å². The average molecular weight is 574 g/mol. The van der Waals surface area contributed by atoms with Gasteiger partial charge in [-0.05, 0) is 6.92 Å². The van der Waals surface area contributed by atoms with Crippen LogP contribution >= 0.6 is 0 Å². The number of rotatable bonds is 0. The van der Waals surface area contributed by atoms with Gasteiger partial charge in [0.1, 0.15) is 0 Å². The Bertz CT molecular complexity index is 323. The fourth-order valence-electron chi connectivity index (χ4n) is 0.298. The van der Waals surface area contributed by atoms with Gasteiger partial charge in [0.05, 0.1) is 0 Å². The third kappa shape index (κ3) is 113. The molecule has 0 aliphatic rings. The van der Waals surface area contributed by atoms with Gasteiger partial charge < -0.3 is 38.9 Å². The van der Waals surface area contributed by atoms with Gasteiger partial charge in [0.15, 0.2) is 0 Å². The molecule has 135 valence electrons. The average Bonchev–Trinajstić information content (AvgIpc) is 3.22. The smallest absolute Gasteiger partial charge is 0 e. The van der Waals surface area contributed by atoms with E-state index >= 15 is 0 Å². The molecule has 0 unspecified atom stereocenters. The second-order valence-electron chi connectivity index (χ2n) is 2.32. The quantitative estimate of drug-likeness (QED) is 0.156. The van der Waals surface area contributed by atoms with E-state index in [1.54, 1.807) is 6.92 Å². The molecule has 0 amide bonds.